The van der Waals surface area contributed by atoms with E-state index in [1.54, 1.807) is 23.5 Å². The van der Waals surface area contributed by atoms with Gasteiger partial charge < -0.3 is 0 Å². The number of thioether (sulfide) groups is 2. The first-order chi connectivity index (χ1) is 20.2. The highest BCUT2D eigenvalue weighted by Crippen LogP contribution is 2.24. The number of amides is 2. The predicted octanol–water partition coefficient (Wildman–Crippen LogP) is 6.65. The van der Waals surface area contributed by atoms with Crippen LogP contribution >= 0.6 is 23.5 Å². The summed E-state index contributed by atoms with van der Waals surface area (Å²) >= 11 is 3.30. The van der Waals surface area contributed by atoms with Crippen LogP contribution in [-0.2, 0) is 9.59 Å². The fourth-order valence-corrected chi connectivity index (χ4v) is 5.40. The molecule has 2 aliphatic rings. The Labute approximate surface area is 258 Å². The number of terminal acetylenes is 2. The van der Waals surface area contributed by atoms with Crippen LogP contribution in [0.15, 0.2) is 80.7 Å². The molecule has 0 radical (unpaired) electrons. The Bertz CT molecular complexity index is 1490. The Kier molecular flexibility index (Phi) is 12.7. The molecular formula is C34H36N4O2S2. The van der Waals surface area contributed by atoms with E-state index in [2.05, 4.69) is 89.2 Å². The molecule has 2 aliphatic heterocycles. The highest BCUT2D eigenvalue weighted by molar-refractivity contribution is 7.99. The Morgan fingerprint density at radius 2 is 1.31 bits per heavy atom. The van der Waals surface area contributed by atoms with Crippen molar-refractivity contribution in [1.29, 1.82) is 0 Å². The number of nitrogens with one attached hydrogen (secondary N) is 2. The third-order valence-corrected chi connectivity index (χ3v) is 8.40. The minimum absolute atomic E-state index is 0.0211. The van der Waals surface area contributed by atoms with Gasteiger partial charge in [0.1, 0.15) is 0 Å². The molecule has 42 heavy (non-hydrogen) atoms. The lowest BCUT2D eigenvalue weighted by molar-refractivity contribution is -0.122. The lowest BCUT2D eigenvalue weighted by Crippen LogP contribution is -2.30. The quantitative estimate of drug-likeness (QED) is 0.264. The summed E-state index contributed by atoms with van der Waals surface area (Å²) in [5.74, 6) is 6.85. The van der Waals surface area contributed by atoms with Crippen LogP contribution in [0.1, 0.15) is 51.7 Å². The zero-order valence-corrected chi connectivity index (χ0v) is 26.1. The Balaban J connectivity index is 0.000000230. The van der Waals surface area contributed by atoms with E-state index in [1.807, 2.05) is 32.1 Å². The van der Waals surface area contributed by atoms with Crippen LogP contribution in [0.25, 0.3) is 11.1 Å². The van der Waals surface area contributed by atoms with Gasteiger partial charge in [0.05, 0.1) is 22.9 Å². The summed E-state index contributed by atoms with van der Waals surface area (Å²) in [6.07, 6.45) is 15.6. The van der Waals surface area contributed by atoms with Gasteiger partial charge in [0.2, 0.25) is 11.8 Å². The van der Waals surface area contributed by atoms with Gasteiger partial charge in [0, 0.05) is 34.5 Å². The fourth-order valence-electron chi connectivity index (χ4n) is 4.19. The van der Waals surface area contributed by atoms with Crippen LogP contribution in [0.3, 0.4) is 0 Å². The van der Waals surface area contributed by atoms with E-state index in [4.69, 9.17) is 12.8 Å². The van der Waals surface area contributed by atoms with Crippen molar-refractivity contribution in [3.05, 3.63) is 71.8 Å². The molecule has 2 heterocycles. The van der Waals surface area contributed by atoms with Gasteiger partial charge in [0.15, 0.2) is 0 Å². The number of carbonyl (C=O) groups excluding carboxylic acids is 2. The first kappa shape index (κ1) is 32.5. The molecule has 2 amide bonds. The minimum atomic E-state index is -0.0232. The van der Waals surface area contributed by atoms with Crippen LogP contribution in [0, 0.1) is 36.5 Å². The van der Waals surface area contributed by atoms with Gasteiger partial charge in [-0.15, -0.1) is 36.4 Å². The predicted molar refractivity (Wildman–Crippen MR) is 178 cm³/mol. The summed E-state index contributed by atoms with van der Waals surface area (Å²) < 4.78 is 0. The van der Waals surface area contributed by atoms with Crippen molar-refractivity contribution >= 4 is 57.9 Å². The van der Waals surface area contributed by atoms with Crippen molar-refractivity contribution in [2.45, 2.75) is 50.3 Å². The molecule has 0 bridgehead atoms. The minimum Gasteiger partial charge on any atom is -0.273 e. The highest BCUT2D eigenvalue weighted by Gasteiger charge is 2.19. The van der Waals surface area contributed by atoms with Gasteiger partial charge in [0.25, 0.3) is 0 Å². The maximum Gasteiger partial charge on any atom is 0.240 e. The van der Waals surface area contributed by atoms with Crippen molar-refractivity contribution in [2.75, 3.05) is 11.5 Å². The summed E-state index contributed by atoms with van der Waals surface area (Å²) in [6.45, 7) is 8.13. The summed E-state index contributed by atoms with van der Waals surface area (Å²) in [5, 5.41) is 8.27. The second-order valence-corrected chi connectivity index (χ2v) is 12.1. The Hall–Kier alpha value is -3.98. The van der Waals surface area contributed by atoms with E-state index >= 15 is 0 Å². The summed E-state index contributed by atoms with van der Waals surface area (Å²) in [4.78, 5) is 24.8. The average molecular weight is 597 g/mol. The van der Waals surface area contributed by atoms with Gasteiger partial charge in [-0.1, -0.05) is 50.0 Å². The Morgan fingerprint density at radius 1 is 0.810 bits per heavy atom. The molecule has 4 rings (SSSR count). The third-order valence-electron chi connectivity index (χ3n) is 6.58. The van der Waals surface area contributed by atoms with E-state index in [0.29, 0.717) is 24.3 Å². The van der Waals surface area contributed by atoms with Gasteiger partial charge in [-0.25, -0.2) is 10.9 Å². The topological polar surface area (TPSA) is 82.9 Å². The Morgan fingerprint density at radius 3 is 1.81 bits per heavy atom. The van der Waals surface area contributed by atoms with Gasteiger partial charge in [-0.3, -0.25) is 9.59 Å². The number of hydrogen-bond acceptors (Lipinski definition) is 6. The van der Waals surface area contributed by atoms with Crippen molar-refractivity contribution < 1.29 is 9.59 Å². The van der Waals surface area contributed by atoms with Gasteiger partial charge >= 0.3 is 0 Å². The average Bonchev–Trinajstić information content (AvgIpc) is 2.98. The number of hydrazone groups is 2. The number of hydrogen-bond donors (Lipinski definition) is 2. The lowest BCUT2D eigenvalue weighted by atomic mass is 9.96. The standard InChI is InChI=1S/2C17H18N2OS/c1-4-9-21-15-7-5-14(6-8-15)12(2)10-16-13(3)11-17(20)19-18-16;1-4-8-21-15-7-5-6-14(11-15)12(2)9-16-13(3)10-17(20)19-18-16/h1,5-8,10,13H,9,11H2,2-3H3,(H,19,20);1,5-7,9,11,13H,8,10H2,2-3H3,(H,19,20). The molecule has 2 aromatic rings. The number of allylic oxidation sites excluding steroid dienone is 4. The largest absolute Gasteiger partial charge is 0.273 e. The molecule has 0 saturated heterocycles. The number of benzene rings is 2. The zero-order valence-electron chi connectivity index (χ0n) is 24.4. The van der Waals surface area contributed by atoms with Gasteiger partial charge in [-0.2, -0.15) is 10.2 Å². The van der Waals surface area contributed by atoms with Gasteiger partial charge in [-0.05, 0) is 72.5 Å². The smallest absolute Gasteiger partial charge is 0.240 e. The summed E-state index contributed by atoms with van der Waals surface area (Å²) in [7, 11) is 0. The van der Waals surface area contributed by atoms with E-state index in [-0.39, 0.29) is 23.7 Å². The second-order valence-electron chi connectivity index (χ2n) is 10.0. The van der Waals surface area contributed by atoms with E-state index in [0.717, 1.165) is 38.6 Å². The molecule has 0 saturated carbocycles. The van der Waals surface area contributed by atoms with Crippen LogP contribution in [0.5, 0.6) is 0 Å². The molecule has 2 unspecified atom stereocenters. The summed E-state index contributed by atoms with van der Waals surface area (Å²) in [5.41, 5.74) is 11.4. The molecule has 2 aromatic carbocycles. The first-order valence-corrected chi connectivity index (χ1v) is 15.6. The van der Waals surface area contributed by atoms with E-state index in [9.17, 15) is 9.59 Å². The third kappa shape index (κ3) is 10.1. The molecule has 0 spiro atoms. The highest BCUT2D eigenvalue weighted by atomic mass is 32.2. The zero-order chi connectivity index (χ0) is 30.5. The summed E-state index contributed by atoms with van der Waals surface area (Å²) in [6, 6.07) is 16.6. The molecule has 0 aromatic heterocycles. The SMILES string of the molecule is C#CCSc1ccc(C(C)=CC2=NNC(=O)CC2C)cc1.C#CCSc1cccc(C(C)=CC2=NNC(=O)CC2C)c1. The lowest BCUT2D eigenvalue weighted by Gasteiger charge is -2.17. The first-order valence-electron chi connectivity index (χ1n) is 13.6. The van der Waals surface area contributed by atoms with Crippen molar-refractivity contribution in [3.8, 4) is 24.7 Å². The monoisotopic (exact) mass is 596 g/mol. The van der Waals surface area contributed by atoms with Crippen molar-refractivity contribution in [1.82, 2.24) is 10.9 Å². The molecule has 216 valence electrons. The van der Waals surface area contributed by atoms with Crippen LogP contribution in [0.2, 0.25) is 0 Å². The van der Waals surface area contributed by atoms with Crippen molar-refractivity contribution in [3.63, 3.8) is 0 Å². The molecule has 0 aliphatic carbocycles. The molecule has 2 atom stereocenters. The van der Waals surface area contributed by atoms with E-state index < -0.39 is 0 Å². The second kappa shape index (κ2) is 16.5. The maximum absolute atomic E-state index is 11.3. The molecule has 8 heteroatoms. The maximum atomic E-state index is 11.3. The fraction of sp³-hybridized carbons (Fsp3) is 0.294. The van der Waals surface area contributed by atoms with Crippen LogP contribution < -0.4 is 10.9 Å². The molecular weight excluding hydrogens is 561 g/mol. The molecule has 0 fully saturated rings. The number of nitrogens with zero attached hydrogens (tertiary/aromatic N) is 2. The number of rotatable bonds is 8. The number of carbonyl (C=O) groups is 2. The van der Waals surface area contributed by atoms with Crippen LogP contribution in [-0.4, -0.2) is 34.7 Å². The molecule has 2 N–H and O–H groups in total. The normalized spacial score (nSPS) is 18.7. The van der Waals surface area contributed by atoms with Crippen LogP contribution in [0.4, 0.5) is 0 Å². The molecule has 6 nitrogen and oxygen atoms in total. The van der Waals surface area contributed by atoms with Crippen molar-refractivity contribution in [2.24, 2.45) is 22.0 Å². The van der Waals surface area contributed by atoms with E-state index in [1.165, 1.54) is 4.90 Å².